The molecule has 1 aromatic rings. The van der Waals surface area contributed by atoms with Gasteiger partial charge < -0.3 is 0 Å². The molecule has 11 heavy (non-hydrogen) atoms. The van der Waals surface area contributed by atoms with Crippen molar-refractivity contribution in [3.8, 4) is 0 Å². The van der Waals surface area contributed by atoms with Crippen LogP contribution in [0.4, 0.5) is 0 Å². The number of rotatable bonds is 2. The maximum Gasteiger partial charge on any atom is 0.0215 e. The van der Waals surface area contributed by atoms with Gasteiger partial charge in [-0.3, -0.25) is 0 Å². The summed E-state index contributed by atoms with van der Waals surface area (Å²) in [7, 11) is 0. The lowest BCUT2D eigenvalue weighted by Gasteiger charge is -1.95. The third-order valence-electron chi connectivity index (χ3n) is 1.29. The third kappa shape index (κ3) is 2.95. The van der Waals surface area contributed by atoms with E-state index in [4.69, 9.17) is 0 Å². The molecule has 1 aromatic carbocycles. The number of benzene rings is 1. The standard InChI is InChI=1S/C9H8BrI/c10-7-3-5-8-4-1-2-6-9(8)11/h1-6H,7H2/b5-3+. The molecular weight excluding hydrogens is 315 g/mol. The normalized spacial score (nSPS) is 10.7. The number of allylic oxidation sites excluding steroid dienone is 1. The quantitative estimate of drug-likeness (QED) is 0.575. The smallest absolute Gasteiger partial charge is 0.0215 e. The van der Waals surface area contributed by atoms with Gasteiger partial charge in [-0.1, -0.05) is 46.3 Å². The number of alkyl halides is 1. The minimum Gasteiger partial charge on any atom is -0.0883 e. The Bertz CT molecular complexity index is 255. The van der Waals surface area contributed by atoms with Gasteiger partial charge in [-0.25, -0.2) is 0 Å². The van der Waals surface area contributed by atoms with E-state index in [-0.39, 0.29) is 0 Å². The molecule has 0 fully saturated rings. The molecule has 0 amide bonds. The van der Waals surface area contributed by atoms with Crippen molar-refractivity contribution in [2.45, 2.75) is 0 Å². The lowest BCUT2D eigenvalue weighted by atomic mass is 10.2. The number of halogens is 2. The fourth-order valence-electron chi connectivity index (χ4n) is 0.782. The van der Waals surface area contributed by atoms with Crippen LogP contribution >= 0.6 is 38.5 Å². The molecule has 0 bridgehead atoms. The van der Waals surface area contributed by atoms with Crippen molar-refractivity contribution in [2.24, 2.45) is 0 Å². The van der Waals surface area contributed by atoms with Crippen molar-refractivity contribution in [3.63, 3.8) is 0 Å². The molecule has 58 valence electrons. The van der Waals surface area contributed by atoms with Crippen LogP contribution in [0, 0.1) is 3.57 Å². The summed E-state index contributed by atoms with van der Waals surface area (Å²) in [6.45, 7) is 0. The third-order valence-corrected chi connectivity index (χ3v) is 2.65. The minimum absolute atomic E-state index is 0.915. The Hall–Kier alpha value is 0.170. The van der Waals surface area contributed by atoms with Gasteiger partial charge in [0.15, 0.2) is 0 Å². The van der Waals surface area contributed by atoms with Gasteiger partial charge in [-0.05, 0) is 34.2 Å². The van der Waals surface area contributed by atoms with Gasteiger partial charge in [-0.15, -0.1) is 0 Å². The van der Waals surface area contributed by atoms with Gasteiger partial charge in [-0.2, -0.15) is 0 Å². The first-order valence-corrected chi connectivity index (χ1v) is 5.51. The highest BCUT2D eigenvalue weighted by atomic mass is 127. The van der Waals surface area contributed by atoms with E-state index in [0.717, 1.165) is 5.33 Å². The van der Waals surface area contributed by atoms with Crippen molar-refractivity contribution in [3.05, 3.63) is 39.5 Å². The lowest BCUT2D eigenvalue weighted by molar-refractivity contribution is 1.59. The summed E-state index contributed by atoms with van der Waals surface area (Å²) in [4.78, 5) is 0. The highest BCUT2D eigenvalue weighted by Gasteiger charge is 1.90. The highest BCUT2D eigenvalue weighted by Crippen LogP contribution is 2.12. The Morgan fingerprint density at radius 1 is 1.36 bits per heavy atom. The van der Waals surface area contributed by atoms with Gasteiger partial charge in [0.05, 0.1) is 0 Å². The zero-order valence-electron chi connectivity index (χ0n) is 5.93. The second kappa shape index (κ2) is 4.93. The molecule has 0 unspecified atom stereocenters. The molecule has 0 aromatic heterocycles. The van der Waals surface area contributed by atoms with Gasteiger partial charge in [0.2, 0.25) is 0 Å². The van der Waals surface area contributed by atoms with Crippen LogP contribution < -0.4 is 0 Å². The molecule has 2 heteroatoms. The van der Waals surface area contributed by atoms with E-state index in [1.165, 1.54) is 9.13 Å². The average Bonchev–Trinajstić information content (AvgIpc) is 2.03. The van der Waals surface area contributed by atoms with Crippen LogP contribution in [0.2, 0.25) is 0 Å². The Labute approximate surface area is 89.0 Å². The largest absolute Gasteiger partial charge is 0.0883 e. The SMILES string of the molecule is BrC/C=C/c1ccccc1I. The van der Waals surface area contributed by atoms with E-state index >= 15 is 0 Å². The van der Waals surface area contributed by atoms with Crippen LogP contribution in [0.3, 0.4) is 0 Å². The Balaban J connectivity index is 2.86. The maximum atomic E-state index is 3.34. The first kappa shape index (κ1) is 9.26. The highest BCUT2D eigenvalue weighted by molar-refractivity contribution is 14.1. The number of hydrogen-bond donors (Lipinski definition) is 0. The number of hydrogen-bond acceptors (Lipinski definition) is 0. The molecular formula is C9H8BrI. The van der Waals surface area contributed by atoms with Crippen LogP contribution in [-0.2, 0) is 0 Å². The molecule has 0 heterocycles. The topological polar surface area (TPSA) is 0 Å². The molecule has 0 spiro atoms. The van der Waals surface area contributed by atoms with Crippen LogP contribution in [0.5, 0.6) is 0 Å². The summed E-state index contributed by atoms with van der Waals surface area (Å²) >= 11 is 5.68. The Kier molecular flexibility index (Phi) is 4.15. The summed E-state index contributed by atoms with van der Waals surface area (Å²) in [5.74, 6) is 0. The van der Waals surface area contributed by atoms with Crippen molar-refractivity contribution in [1.82, 2.24) is 0 Å². The van der Waals surface area contributed by atoms with Gasteiger partial charge in [0, 0.05) is 8.90 Å². The van der Waals surface area contributed by atoms with Crippen molar-refractivity contribution < 1.29 is 0 Å². The lowest BCUT2D eigenvalue weighted by Crippen LogP contribution is -1.76. The van der Waals surface area contributed by atoms with Crippen LogP contribution in [-0.4, -0.2) is 5.33 Å². The molecule has 0 radical (unpaired) electrons. The zero-order chi connectivity index (χ0) is 8.10. The molecule has 0 aliphatic carbocycles. The van der Waals surface area contributed by atoms with Crippen molar-refractivity contribution in [2.75, 3.05) is 5.33 Å². The van der Waals surface area contributed by atoms with E-state index in [2.05, 4.69) is 68.9 Å². The predicted octanol–water partition coefficient (Wildman–Crippen LogP) is 3.70. The first-order chi connectivity index (χ1) is 5.34. The van der Waals surface area contributed by atoms with Gasteiger partial charge >= 0.3 is 0 Å². The second-order valence-corrected chi connectivity index (χ2v) is 3.89. The fourth-order valence-corrected chi connectivity index (χ4v) is 1.54. The van der Waals surface area contributed by atoms with E-state index in [9.17, 15) is 0 Å². The van der Waals surface area contributed by atoms with Gasteiger partial charge in [0.25, 0.3) is 0 Å². The minimum atomic E-state index is 0.915. The Morgan fingerprint density at radius 3 is 2.73 bits per heavy atom. The van der Waals surface area contributed by atoms with Crippen LogP contribution in [0.15, 0.2) is 30.3 Å². The summed E-state index contributed by atoms with van der Waals surface area (Å²) in [5, 5.41) is 0.915. The molecule has 1 rings (SSSR count). The zero-order valence-corrected chi connectivity index (χ0v) is 9.67. The molecule has 0 N–H and O–H groups in total. The Morgan fingerprint density at radius 2 is 2.09 bits per heavy atom. The van der Waals surface area contributed by atoms with E-state index < -0.39 is 0 Å². The fraction of sp³-hybridized carbons (Fsp3) is 0.111. The monoisotopic (exact) mass is 322 g/mol. The summed E-state index contributed by atoms with van der Waals surface area (Å²) < 4.78 is 1.29. The second-order valence-electron chi connectivity index (χ2n) is 2.08. The van der Waals surface area contributed by atoms with Crippen LogP contribution in [0.1, 0.15) is 5.56 Å². The van der Waals surface area contributed by atoms with Crippen molar-refractivity contribution in [1.29, 1.82) is 0 Å². The molecule has 0 atom stereocenters. The van der Waals surface area contributed by atoms with E-state index in [1.54, 1.807) is 0 Å². The summed E-state index contributed by atoms with van der Waals surface area (Å²) in [6, 6.07) is 8.32. The molecule has 0 aliphatic rings. The van der Waals surface area contributed by atoms with Crippen LogP contribution in [0.25, 0.3) is 6.08 Å². The summed E-state index contributed by atoms with van der Waals surface area (Å²) in [5.41, 5.74) is 1.28. The van der Waals surface area contributed by atoms with Crippen molar-refractivity contribution >= 4 is 44.6 Å². The van der Waals surface area contributed by atoms with Gasteiger partial charge in [0.1, 0.15) is 0 Å². The predicted molar refractivity (Wildman–Crippen MR) is 62.0 cm³/mol. The van der Waals surface area contributed by atoms with E-state index in [1.807, 2.05) is 6.07 Å². The maximum absolute atomic E-state index is 3.34. The molecule has 0 aliphatic heterocycles. The average molecular weight is 323 g/mol. The molecule has 0 nitrogen and oxygen atoms in total. The summed E-state index contributed by atoms with van der Waals surface area (Å²) in [6.07, 6.45) is 4.22. The molecule has 0 saturated carbocycles. The molecule has 0 saturated heterocycles. The van der Waals surface area contributed by atoms with E-state index in [0.29, 0.717) is 0 Å². The first-order valence-electron chi connectivity index (χ1n) is 3.31.